The number of carbonyl (C=O) groups is 1. The lowest BCUT2D eigenvalue weighted by molar-refractivity contribution is -0.120. The van der Waals surface area contributed by atoms with Gasteiger partial charge in [0.05, 0.1) is 6.07 Å². The highest BCUT2D eigenvalue weighted by molar-refractivity contribution is 5.77. The summed E-state index contributed by atoms with van der Waals surface area (Å²) in [7, 11) is 0. The van der Waals surface area contributed by atoms with E-state index in [2.05, 4.69) is 5.32 Å². The first-order valence-electron chi connectivity index (χ1n) is 4.83. The molecule has 78 valence electrons. The molecule has 0 aliphatic rings. The number of amides is 1. The number of nitrogens with one attached hydrogen (secondary N) is 1. The first kappa shape index (κ1) is 11.3. The van der Waals surface area contributed by atoms with Crippen LogP contribution in [0.5, 0.6) is 0 Å². The van der Waals surface area contributed by atoms with Crippen LogP contribution in [0.3, 0.4) is 0 Å². The number of hydrogen-bond acceptors (Lipinski definition) is 2. The summed E-state index contributed by atoms with van der Waals surface area (Å²) in [6, 6.07) is 7.93. The molecule has 1 amide bonds. The molecule has 0 unspecified atom stereocenters. The van der Waals surface area contributed by atoms with Gasteiger partial charge >= 0.3 is 0 Å². The number of rotatable bonds is 3. The Bertz CT molecular complexity index is 405. The zero-order valence-corrected chi connectivity index (χ0v) is 9.00. The topological polar surface area (TPSA) is 52.9 Å². The molecule has 0 saturated heterocycles. The van der Waals surface area contributed by atoms with Crippen LogP contribution in [0.2, 0.25) is 0 Å². The lowest BCUT2D eigenvalue weighted by Gasteiger charge is -2.07. The van der Waals surface area contributed by atoms with Gasteiger partial charge in [-0.05, 0) is 25.0 Å². The summed E-state index contributed by atoms with van der Waals surface area (Å²) in [6.07, 6.45) is -0.0785. The number of nitrogens with zero attached hydrogens (tertiary/aromatic N) is 1. The molecule has 0 atom stereocenters. The van der Waals surface area contributed by atoms with Crippen molar-refractivity contribution in [2.45, 2.75) is 26.8 Å². The van der Waals surface area contributed by atoms with Crippen molar-refractivity contribution >= 4 is 5.91 Å². The summed E-state index contributed by atoms with van der Waals surface area (Å²) >= 11 is 0. The highest BCUT2D eigenvalue weighted by Gasteiger charge is 2.02. The van der Waals surface area contributed by atoms with Crippen molar-refractivity contribution < 1.29 is 4.79 Å². The Morgan fingerprint density at radius 2 is 2.20 bits per heavy atom. The average molecular weight is 202 g/mol. The van der Waals surface area contributed by atoms with Crippen molar-refractivity contribution in [3.63, 3.8) is 0 Å². The molecule has 0 aromatic heterocycles. The van der Waals surface area contributed by atoms with Gasteiger partial charge in [-0.15, -0.1) is 0 Å². The molecule has 0 aliphatic heterocycles. The van der Waals surface area contributed by atoms with Crippen LogP contribution in [-0.2, 0) is 11.3 Å². The van der Waals surface area contributed by atoms with E-state index < -0.39 is 0 Å². The van der Waals surface area contributed by atoms with Gasteiger partial charge in [0.2, 0.25) is 5.91 Å². The number of hydrogen-bond donors (Lipinski definition) is 1. The lowest BCUT2D eigenvalue weighted by Crippen LogP contribution is -2.22. The van der Waals surface area contributed by atoms with Gasteiger partial charge in [0.25, 0.3) is 0 Å². The Morgan fingerprint density at radius 1 is 1.47 bits per heavy atom. The molecule has 0 heterocycles. The second-order valence-electron chi connectivity index (χ2n) is 3.54. The molecule has 0 bridgehead atoms. The Balaban J connectivity index is 2.61. The quantitative estimate of drug-likeness (QED) is 0.813. The Labute approximate surface area is 89.7 Å². The lowest BCUT2D eigenvalue weighted by atomic mass is 10.1. The largest absolute Gasteiger partial charge is 0.351 e. The van der Waals surface area contributed by atoms with E-state index in [-0.39, 0.29) is 12.3 Å². The zero-order chi connectivity index (χ0) is 11.3. The van der Waals surface area contributed by atoms with Gasteiger partial charge < -0.3 is 5.32 Å². The molecule has 1 aromatic rings. The Hall–Kier alpha value is -1.82. The fourth-order valence-corrected chi connectivity index (χ4v) is 1.32. The van der Waals surface area contributed by atoms with E-state index in [1.165, 1.54) is 5.56 Å². The van der Waals surface area contributed by atoms with E-state index in [0.29, 0.717) is 6.54 Å². The van der Waals surface area contributed by atoms with Crippen LogP contribution < -0.4 is 5.32 Å². The Kier molecular flexibility index (Phi) is 3.87. The van der Waals surface area contributed by atoms with E-state index in [0.717, 1.165) is 11.1 Å². The van der Waals surface area contributed by atoms with Crippen LogP contribution in [0.1, 0.15) is 23.1 Å². The summed E-state index contributed by atoms with van der Waals surface area (Å²) in [5, 5.41) is 11.0. The van der Waals surface area contributed by atoms with Crippen LogP contribution in [0.15, 0.2) is 18.2 Å². The summed E-state index contributed by atoms with van der Waals surface area (Å²) in [5.74, 6) is -0.224. The van der Waals surface area contributed by atoms with Gasteiger partial charge in [0, 0.05) is 6.54 Å². The molecule has 0 saturated carbocycles. The molecule has 1 aromatic carbocycles. The number of carbonyl (C=O) groups excluding carboxylic acids is 1. The molecule has 1 rings (SSSR count). The summed E-state index contributed by atoms with van der Waals surface area (Å²) in [6.45, 7) is 4.51. The van der Waals surface area contributed by atoms with Gasteiger partial charge in [-0.1, -0.05) is 23.8 Å². The first-order valence-corrected chi connectivity index (χ1v) is 4.83. The molecule has 0 spiro atoms. The highest BCUT2D eigenvalue weighted by atomic mass is 16.1. The van der Waals surface area contributed by atoms with Gasteiger partial charge in [-0.3, -0.25) is 4.79 Å². The third-order valence-electron chi connectivity index (χ3n) is 2.22. The minimum Gasteiger partial charge on any atom is -0.351 e. The van der Waals surface area contributed by atoms with E-state index in [4.69, 9.17) is 5.26 Å². The van der Waals surface area contributed by atoms with Gasteiger partial charge in [-0.2, -0.15) is 5.26 Å². The highest BCUT2D eigenvalue weighted by Crippen LogP contribution is 2.10. The van der Waals surface area contributed by atoms with Crippen LogP contribution in [0.25, 0.3) is 0 Å². The van der Waals surface area contributed by atoms with Gasteiger partial charge in [-0.25, -0.2) is 0 Å². The second-order valence-corrected chi connectivity index (χ2v) is 3.54. The van der Waals surface area contributed by atoms with Crippen LogP contribution >= 0.6 is 0 Å². The Morgan fingerprint density at radius 3 is 2.87 bits per heavy atom. The third kappa shape index (κ3) is 3.43. The van der Waals surface area contributed by atoms with Crippen molar-refractivity contribution in [2.75, 3.05) is 0 Å². The van der Waals surface area contributed by atoms with Gasteiger partial charge in [0.1, 0.15) is 6.42 Å². The van der Waals surface area contributed by atoms with E-state index in [9.17, 15) is 4.79 Å². The summed E-state index contributed by atoms with van der Waals surface area (Å²) in [5.41, 5.74) is 3.42. The maximum Gasteiger partial charge on any atom is 0.234 e. The van der Waals surface area contributed by atoms with Crippen molar-refractivity contribution in [3.8, 4) is 6.07 Å². The molecule has 3 heteroatoms. The number of aryl methyl sites for hydroxylation is 2. The second kappa shape index (κ2) is 5.16. The molecule has 0 fully saturated rings. The summed E-state index contributed by atoms with van der Waals surface area (Å²) < 4.78 is 0. The van der Waals surface area contributed by atoms with Gasteiger partial charge in [0.15, 0.2) is 0 Å². The third-order valence-corrected chi connectivity index (χ3v) is 2.22. The van der Waals surface area contributed by atoms with Crippen molar-refractivity contribution in [2.24, 2.45) is 0 Å². The molecule has 0 aliphatic carbocycles. The molecule has 0 radical (unpaired) electrons. The zero-order valence-electron chi connectivity index (χ0n) is 9.00. The SMILES string of the molecule is Cc1ccc(C)c(CNC(=O)CC#N)c1. The first-order chi connectivity index (χ1) is 7.13. The minimum absolute atomic E-state index is 0.0785. The van der Waals surface area contributed by atoms with Crippen molar-refractivity contribution in [1.82, 2.24) is 5.32 Å². The van der Waals surface area contributed by atoms with E-state index in [1.54, 1.807) is 0 Å². The monoisotopic (exact) mass is 202 g/mol. The maximum absolute atomic E-state index is 11.1. The van der Waals surface area contributed by atoms with Crippen molar-refractivity contribution in [3.05, 3.63) is 34.9 Å². The normalized spacial score (nSPS) is 9.40. The predicted octanol–water partition coefficient (Wildman–Crippen LogP) is 1.83. The van der Waals surface area contributed by atoms with E-state index >= 15 is 0 Å². The predicted molar refractivity (Wildman–Crippen MR) is 58.0 cm³/mol. The minimum atomic E-state index is -0.224. The number of benzene rings is 1. The molecule has 1 N–H and O–H groups in total. The average Bonchev–Trinajstić information content (AvgIpc) is 2.20. The standard InChI is InChI=1S/C12H14N2O/c1-9-3-4-10(2)11(7-9)8-14-12(15)5-6-13/h3-4,7H,5,8H2,1-2H3,(H,14,15). The fourth-order valence-electron chi connectivity index (χ4n) is 1.32. The molecule has 15 heavy (non-hydrogen) atoms. The maximum atomic E-state index is 11.1. The van der Waals surface area contributed by atoms with Crippen molar-refractivity contribution in [1.29, 1.82) is 5.26 Å². The van der Waals surface area contributed by atoms with Crippen LogP contribution in [0, 0.1) is 25.2 Å². The fraction of sp³-hybridized carbons (Fsp3) is 0.333. The van der Waals surface area contributed by atoms with Crippen LogP contribution in [0.4, 0.5) is 0 Å². The van der Waals surface area contributed by atoms with E-state index in [1.807, 2.05) is 38.1 Å². The molecular weight excluding hydrogens is 188 g/mol. The van der Waals surface area contributed by atoms with Crippen LogP contribution in [-0.4, -0.2) is 5.91 Å². The molecular formula is C12H14N2O. The molecule has 3 nitrogen and oxygen atoms in total. The smallest absolute Gasteiger partial charge is 0.234 e. The summed E-state index contributed by atoms with van der Waals surface area (Å²) in [4.78, 5) is 11.1. The number of nitriles is 1.